The maximum atomic E-state index is 12.2. The largest absolute Gasteiger partial charge is 0.395 e. The number of hydrogen-bond acceptors (Lipinski definition) is 3. The minimum Gasteiger partial charge on any atom is -0.395 e. The Morgan fingerprint density at radius 2 is 1.94 bits per heavy atom. The number of nitrogens with zero attached hydrogens (tertiary/aromatic N) is 1. The fourth-order valence-corrected chi connectivity index (χ4v) is 2.33. The Bertz CT molecular complexity index is 223. The van der Waals surface area contributed by atoms with Crippen LogP contribution in [0.1, 0.15) is 39.5 Å². The molecule has 0 heterocycles. The monoisotopic (exact) mass is 228 g/mol. The van der Waals surface area contributed by atoms with Gasteiger partial charge in [0.2, 0.25) is 5.91 Å². The van der Waals surface area contributed by atoms with Crippen molar-refractivity contribution in [1.29, 1.82) is 0 Å². The molecule has 1 amide bonds. The van der Waals surface area contributed by atoms with Gasteiger partial charge in [0.1, 0.15) is 0 Å². The Morgan fingerprint density at radius 3 is 2.38 bits per heavy atom. The van der Waals surface area contributed by atoms with Crippen molar-refractivity contribution in [2.24, 2.45) is 11.7 Å². The second-order valence-electron chi connectivity index (χ2n) is 4.96. The highest BCUT2D eigenvalue weighted by Crippen LogP contribution is 2.25. The smallest absolute Gasteiger partial charge is 0.225 e. The van der Waals surface area contributed by atoms with E-state index in [0.717, 1.165) is 25.7 Å². The van der Waals surface area contributed by atoms with Crippen LogP contribution in [0, 0.1) is 5.92 Å². The number of aliphatic hydroxyl groups is 1. The lowest BCUT2D eigenvalue weighted by Gasteiger charge is -2.33. The van der Waals surface area contributed by atoms with E-state index in [9.17, 15) is 4.79 Å². The van der Waals surface area contributed by atoms with Gasteiger partial charge in [-0.2, -0.15) is 0 Å². The van der Waals surface area contributed by atoms with Crippen molar-refractivity contribution in [2.75, 3.05) is 13.2 Å². The zero-order valence-electron chi connectivity index (χ0n) is 10.4. The predicted molar refractivity (Wildman–Crippen MR) is 63.9 cm³/mol. The van der Waals surface area contributed by atoms with Gasteiger partial charge in [-0.15, -0.1) is 0 Å². The predicted octanol–water partition coefficient (Wildman–Crippen LogP) is 0.733. The van der Waals surface area contributed by atoms with Crippen LogP contribution in [-0.2, 0) is 4.79 Å². The molecule has 0 radical (unpaired) electrons. The molecular formula is C12H24N2O2. The number of nitrogens with two attached hydrogens (primary N) is 1. The molecule has 3 N–H and O–H groups in total. The molecule has 0 atom stereocenters. The van der Waals surface area contributed by atoms with Crippen molar-refractivity contribution < 1.29 is 9.90 Å². The quantitative estimate of drug-likeness (QED) is 0.745. The van der Waals surface area contributed by atoms with Crippen molar-refractivity contribution in [1.82, 2.24) is 4.90 Å². The Balaban J connectivity index is 2.53. The number of hydrogen-bond donors (Lipinski definition) is 2. The van der Waals surface area contributed by atoms with Gasteiger partial charge >= 0.3 is 0 Å². The molecule has 4 nitrogen and oxygen atoms in total. The van der Waals surface area contributed by atoms with Crippen LogP contribution in [0.2, 0.25) is 0 Å². The number of amides is 1. The van der Waals surface area contributed by atoms with Crippen LogP contribution < -0.4 is 5.73 Å². The van der Waals surface area contributed by atoms with Crippen molar-refractivity contribution in [3.63, 3.8) is 0 Å². The fourth-order valence-electron chi connectivity index (χ4n) is 2.33. The third-order valence-electron chi connectivity index (χ3n) is 3.37. The first kappa shape index (κ1) is 13.5. The van der Waals surface area contributed by atoms with Crippen molar-refractivity contribution in [3.8, 4) is 0 Å². The molecule has 1 saturated carbocycles. The number of carbonyl (C=O) groups excluding carboxylic acids is 1. The normalized spacial score (nSPS) is 25.8. The maximum absolute atomic E-state index is 12.2. The highest BCUT2D eigenvalue weighted by molar-refractivity contribution is 5.79. The van der Waals surface area contributed by atoms with Gasteiger partial charge in [0.05, 0.1) is 6.61 Å². The van der Waals surface area contributed by atoms with Crippen LogP contribution in [0.5, 0.6) is 0 Å². The second-order valence-corrected chi connectivity index (χ2v) is 4.96. The third kappa shape index (κ3) is 3.46. The SMILES string of the molecule is CC(C)N(CCO)C(=O)C1CCC(N)CC1. The van der Waals surface area contributed by atoms with Crippen molar-refractivity contribution in [3.05, 3.63) is 0 Å². The molecular weight excluding hydrogens is 204 g/mol. The average Bonchev–Trinajstić information content (AvgIpc) is 2.25. The molecule has 0 aromatic rings. The summed E-state index contributed by atoms with van der Waals surface area (Å²) in [6.07, 6.45) is 3.69. The molecule has 0 bridgehead atoms. The number of aliphatic hydroxyl groups excluding tert-OH is 1. The van der Waals surface area contributed by atoms with Crippen LogP contribution in [0.15, 0.2) is 0 Å². The van der Waals surface area contributed by atoms with Crippen LogP contribution in [0.4, 0.5) is 0 Å². The van der Waals surface area contributed by atoms with Crippen LogP contribution >= 0.6 is 0 Å². The Labute approximate surface area is 97.8 Å². The lowest BCUT2D eigenvalue weighted by Crippen LogP contribution is -2.44. The summed E-state index contributed by atoms with van der Waals surface area (Å²) < 4.78 is 0. The summed E-state index contributed by atoms with van der Waals surface area (Å²) in [5.74, 6) is 0.310. The molecule has 94 valence electrons. The fraction of sp³-hybridized carbons (Fsp3) is 0.917. The van der Waals surface area contributed by atoms with E-state index in [1.807, 2.05) is 13.8 Å². The van der Waals surface area contributed by atoms with Gasteiger partial charge in [0, 0.05) is 24.5 Å². The summed E-state index contributed by atoms with van der Waals surface area (Å²) in [4.78, 5) is 14.0. The van der Waals surface area contributed by atoms with E-state index >= 15 is 0 Å². The summed E-state index contributed by atoms with van der Waals surface area (Å²) in [5, 5.41) is 8.96. The van der Waals surface area contributed by atoms with Gasteiger partial charge < -0.3 is 15.7 Å². The van der Waals surface area contributed by atoms with E-state index in [1.54, 1.807) is 4.90 Å². The van der Waals surface area contributed by atoms with Gasteiger partial charge in [-0.25, -0.2) is 0 Å². The summed E-state index contributed by atoms with van der Waals surface area (Å²) in [6.45, 7) is 4.46. The Kier molecular flexibility index (Phi) is 5.22. The van der Waals surface area contributed by atoms with E-state index in [4.69, 9.17) is 10.8 Å². The Hall–Kier alpha value is -0.610. The van der Waals surface area contributed by atoms with Gasteiger partial charge in [-0.1, -0.05) is 0 Å². The van der Waals surface area contributed by atoms with E-state index < -0.39 is 0 Å². The molecule has 1 fully saturated rings. The molecule has 0 unspecified atom stereocenters. The first-order valence-corrected chi connectivity index (χ1v) is 6.23. The molecule has 0 spiro atoms. The van der Waals surface area contributed by atoms with Gasteiger partial charge in [0.15, 0.2) is 0 Å². The average molecular weight is 228 g/mol. The maximum Gasteiger partial charge on any atom is 0.225 e. The summed E-state index contributed by atoms with van der Waals surface area (Å²) >= 11 is 0. The highest BCUT2D eigenvalue weighted by Gasteiger charge is 2.29. The molecule has 0 aliphatic heterocycles. The minimum atomic E-state index is 0.0379. The van der Waals surface area contributed by atoms with Crippen LogP contribution in [-0.4, -0.2) is 41.1 Å². The Morgan fingerprint density at radius 1 is 1.38 bits per heavy atom. The standard InChI is InChI=1S/C12H24N2O2/c1-9(2)14(7-8-15)12(16)10-3-5-11(13)6-4-10/h9-11,15H,3-8,13H2,1-2H3. The van der Waals surface area contributed by atoms with Crippen molar-refractivity contribution >= 4 is 5.91 Å². The summed E-state index contributed by atoms with van der Waals surface area (Å²) in [6, 6.07) is 0.435. The van der Waals surface area contributed by atoms with Crippen LogP contribution in [0.3, 0.4) is 0 Å². The highest BCUT2D eigenvalue weighted by atomic mass is 16.3. The van der Waals surface area contributed by atoms with Crippen LogP contribution in [0.25, 0.3) is 0 Å². The molecule has 1 aliphatic rings. The van der Waals surface area contributed by atoms with Gasteiger partial charge in [-0.3, -0.25) is 4.79 Å². The summed E-state index contributed by atoms with van der Waals surface area (Å²) in [7, 11) is 0. The summed E-state index contributed by atoms with van der Waals surface area (Å²) in [5.41, 5.74) is 5.83. The van der Waals surface area contributed by atoms with E-state index in [-0.39, 0.29) is 30.5 Å². The first-order chi connectivity index (χ1) is 7.56. The molecule has 0 saturated heterocycles. The molecule has 16 heavy (non-hydrogen) atoms. The minimum absolute atomic E-state index is 0.0379. The van der Waals surface area contributed by atoms with Gasteiger partial charge in [-0.05, 0) is 39.5 Å². The van der Waals surface area contributed by atoms with E-state index in [1.165, 1.54) is 0 Å². The second kappa shape index (κ2) is 6.21. The zero-order chi connectivity index (χ0) is 12.1. The number of rotatable bonds is 4. The number of carbonyl (C=O) groups is 1. The first-order valence-electron chi connectivity index (χ1n) is 6.23. The van der Waals surface area contributed by atoms with Gasteiger partial charge in [0.25, 0.3) is 0 Å². The molecule has 0 aromatic carbocycles. The third-order valence-corrected chi connectivity index (χ3v) is 3.37. The van der Waals surface area contributed by atoms with E-state index in [2.05, 4.69) is 0 Å². The lowest BCUT2D eigenvalue weighted by atomic mass is 9.85. The molecule has 1 rings (SSSR count). The molecule has 0 aromatic heterocycles. The van der Waals surface area contributed by atoms with Crippen molar-refractivity contribution in [2.45, 2.75) is 51.6 Å². The van der Waals surface area contributed by atoms with E-state index in [0.29, 0.717) is 6.54 Å². The lowest BCUT2D eigenvalue weighted by molar-refractivity contribution is -0.138. The zero-order valence-corrected chi connectivity index (χ0v) is 10.4. The topological polar surface area (TPSA) is 66.6 Å². The molecule has 1 aliphatic carbocycles. The molecule has 4 heteroatoms.